The van der Waals surface area contributed by atoms with Gasteiger partial charge in [-0.1, -0.05) is 30.7 Å². The predicted molar refractivity (Wildman–Crippen MR) is 76.0 cm³/mol. The average Bonchev–Trinajstić information content (AvgIpc) is 3.18. The minimum atomic E-state index is 0.251. The molecule has 0 saturated heterocycles. The van der Waals surface area contributed by atoms with Crippen molar-refractivity contribution in [1.29, 1.82) is 0 Å². The number of rotatable bonds is 7. The first-order valence-electron chi connectivity index (χ1n) is 6.78. The van der Waals surface area contributed by atoms with Crippen molar-refractivity contribution in [3.05, 3.63) is 34.9 Å². The van der Waals surface area contributed by atoms with Gasteiger partial charge >= 0.3 is 0 Å². The van der Waals surface area contributed by atoms with E-state index in [2.05, 4.69) is 18.3 Å². The van der Waals surface area contributed by atoms with Gasteiger partial charge in [-0.25, -0.2) is 0 Å². The molecule has 3 heteroatoms. The maximum absolute atomic E-state index is 6.10. The highest BCUT2D eigenvalue weighted by molar-refractivity contribution is 6.30. The van der Waals surface area contributed by atoms with Crippen molar-refractivity contribution in [1.82, 2.24) is 5.32 Å². The van der Waals surface area contributed by atoms with E-state index in [4.69, 9.17) is 16.3 Å². The fourth-order valence-electron chi connectivity index (χ4n) is 2.45. The second-order valence-corrected chi connectivity index (χ2v) is 5.46. The molecule has 0 heterocycles. The second-order valence-electron chi connectivity index (χ2n) is 5.02. The maximum atomic E-state index is 6.10. The van der Waals surface area contributed by atoms with E-state index in [1.165, 1.54) is 18.4 Å². The summed E-state index contributed by atoms with van der Waals surface area (Å²) in [5.74, 6) is 0.698. The van der Waals surface area contributed by atoms with Gasteiger partial charge in [-0.3, -0.25) is 0 Å². The lowest BCUT2D eigenvalue weighted by Gasteiger charge is -2.27. The van der Waals surface area contributed by atoms with Crippen LogP contribution in [0.5, 0.6) is 0 Å². The van der Waals surface area contributed by atoms with Gasteiger partial charge in [-0.05, 0) is 49.4 Å². The van der Waals surface area contributed by atoms with E-state index in [-0.39, 0.29) is 12.1 Å². The van der Waals surface area contributed by atoms with E-state index in [0.717, 1.165) is 18.0 Å². The molecule has 0 bridgehead atoms. The lowest BCUT2D eigenvalue weighted by atomic mass is 9.98. The molecule has 1 fully saturated rings. The Bertz CT molecular complexity index is 379. The fraction of sp³-hybridized carbons (Fsp3) is 0.600. The Kier molecular flexibility index (Phi) is 5.04. The zero-order valence-electron chi connectivity index (χ0n) is 11.2. The first kappa shape index (κ1) is 13.9. The average molecular weight is 268 g/mol. The van der Waals surface area contributed by atoms with Gasteiger partial charge in [-0.2, -0.15) is 0 Å². The van der Waals surface area contributed by atoms with Crippen LogP contribution in [0.25, 0.3) is 0 Å². The number of methoxy groups -OCH3 is 1. The van der Waals surface area contributed by atoms with Gasteiger partial charge in [0.05, 0.1) is 12.1 Å². The Morgan fingerprint density at radius 2 is 2.22 bits per heavy atom. The van der Waals surface area contributed by atoms with Gasteiger partial charge in [0.15, 0.2) is 0 Å². The Balaban J connectivity index is 2.17. The number of hydrogen-bond donors (Lipinski definition) is 1. The van der Waals surface area contributed by atoms with Crippen LogP contribution >= 0.6 is 11.6 Å². The Morgan fingerprint density at radius 1 is 1.44 bits per heavy atom. The van der Waals surface area contributed by atoms with E-state index >= 15 is 0 Å². The lowest BCUT2D eigenvalue weighted by Crippen LogP contribution is -2.35. The van der Waals surface area contributed by atoms with Crippen LogP contribution in [0.1, 0.15) is 37.8 Å². The first-order valence-corrected chi connectivity index (χ1v) is 7.15. The smallest absolute Gasteiger partial charge is 0.0794 e. The van der Waals surface area contributed by atoms with Crippen LogP contribution < -0.4 is 5.32 Å². The van der Waals surface area contributed by atoms with Crippen molar-refractivity contribution >= 4 is 11.6 Å². The van der Waals surface area contributed by atoms with Gasteiger partial charge in [0.25, 0.3) is 0 Å². The molecule has 2 rings (SSSR count). The summed E-state index contributed by atoms with van der Waals surface area (Å²) in [7, 11) is 1.81. The number of ether oxygens (including phenoxy) is 1. The molecule has 1 aliphatic carbocycles. The van der Waals surface area contributed by atoms with Gasteiger partial charge in [-0.15, -0.1) is 0 Å². The topological polar surface area (TPSA) is 21.3 Å². The van der Waals surface area contributed by atoms with Crippen molar-refractivity contribution in [3.63, 3.8) is 0 Å². The quantitative estimate of drug-likeness (QED) is 0.811. The third-order valence-corrected chi connectivity index (χ3v) is 3.74. The molecule has 1 aromatic rings. The van der Waals surface area contributed by atoms with Gasteiger partial charge in [0, 0.05) is 12.1 Å². The zero-order chi connectivity index (χ0) is 13.0. The highest BCUT2D eigenvalue weighted by atomic mass is 35.5. The molecule has 1 saturated carbocycles. The van der Waals surface area contributed by atoms with Crippen molar-refractivity contribution < 1.29 is 4.74 Å². The van der Waals surface area contributed by atoms with Crippen molar-refractivity contribution in [2.75, 3.05) is 13.7 Å². The highest BCUT2D eigenvalue weighted by Gasteiger charge is 2.37. The monoisotopic (exact) mass is 267 g/mol. The van der Waals surface area contributed by atoms with E-state index in [9.17, 15) is 0 Å². The number of halogens is 1. The van der Waals surface area contributed by atoms with Gasteiger partial charge in [0.1, 0.15) is 0 Å². The molecular formula is C15H22ClNO. The fourth-order valence-corrected chi connectivity index (χ4v) is 2.65. The van der Waals surface area contributed by atoms with Crippen LogP contribution in [0.3, 0.4) is 0 Å². The maximum Gasteiger partial charge on any atom is 0.0794 e. The van der Waals surface area contributed by atoms with Crippen LogP contribution in [0.15, 0.2) is 24.3 Å². The minimum absolute atomic E-state index is 0.251. The summed E-state index contributed by atoms with van der Waals surface area (Å²) >= 11 is 6.10. The predicted octanol–water partition coefficient (Wildman–Crippen LogP) is 3.81. The molecular weight excluding hydrogens is 246 g/mol. The Labute approximate surface area is 115 Å². The standard InChI is InChI=1S/C15H22ClNO/c1-3-9-17-14(15(18-2)11-7-8-11)12-5-4-6-13(16)10-12/h4-6,10-11,14-15,17H,3,7-9H2,1-2H3. The summed E-state index contributed by atoms with van der Waals surface area (Å²) in [4.78, 5) is 0. The molecule has 1 N–H and O–H groups in total. The second kappa shape index (κ2) is 6.55. The zero-order valence-corrected chi connectivity index (χ0v) is 11.9. The first-order chi connectivity index (χ1) is 8.76. The molecule has 0 spiro atoms. The Hall–Kier alpha value is -0.570. The molecule has 0 radical (unpaired) electrons. The molecule has 0 amide bonds. The summed E-state index contributed by atoms with van der Waals surface area (Å²) in [5.41, 5.74) is 1.23. The van der Waals surface area contributed by atoms with Crippen LogP contribution in [0, 0.1) is 5.92 Å². The molecule has 0 aromatic heterocycles. The molecule has 2 atom stereocenters. The van der Waals surface area contributed by atoms with Crippen LogP contribution in [0.4, 0.5) is 0 Å². The number of hydrogen-bond acceptors (Lipinski definition) is 2. The summed E-state index contributed by atoms with van der Waals surface area (Å²) in [6.45, 7) is 3.19. The van der Waals surface area contributed by atoms with E-state index in [1.807, 2.05) is 25.3 Å². The highest BCUT2D eigenvalue weighted by Crippen LogP contribution is 2.40. The summed E-state index contributed by atoms with van der Waals surface area (Å²) in [6, 6.07) is 8.36. The molecule has 1 aromatic carbocycles. The van der Waals surface area contributed by atoms with E-state index < -0.39 is 0 Å². The molecule has 100 valence electrons. The third-order valence-electron chi connectivity index (χ3n) is 3.51. The van der Waals surface area contributed by atoms with Crippen LogP contribution in [-0.4, -0.2) is 19.8 Å². The summed E-state index contributed by atoms with van der Waals surface area (Å²) in [6.07, 6.45) is 3.94. The molecule has 18 heavy (non-hydrogen) atoms. The van der Waals surface area contributed by atoms with Crippen molar-refractivity contribution in [2.24, 2.45) is 5.92 Å². The normalized spacial score (nSPS) is 18.6. The summed E-state index contributed by atoms with van der Waals surface area (Å²) < 4.78 is 5.72. The molecule has 2 unspecified atom stereocenters. The SMILES string of the molecule is CCCNC(c1cccc(Cl)c1)C(OC)C1CC1. The Morgan fingerprint density at radius 3 is 2.78 bits per heavy atom. The summed E-state index contributed by atoms with van der Waals surface area (Å²) in [5, 5.41) is 4.39. The molecule has 2 nitrogen and oxygen atoms in total. The molecule has 1 aliphatic rings. The van der Waals surface area contributed by atoms with Gasteiger partial charge < -0.3 is 10.1 Å². The third kappa shape index (κ3) is 3.47. The largest absolute Gasteiger partial charge is 0.379 e. The lowest BCUT2D eigenvalue weighted by molar-refractivity contribution is 0.0507. The van der Waals surface area contributed by atoms with Crippen molar-refractivity contribution in [3.8, 4) is 0 Å². The van der Waals surface area contributed by atoms with Crippen LogP contribution in [0.2, 0.25) is 5.02 Å². The van der Waals surface area contributed by atoms with E-state index in [0.29, 0.717) is 5.92 Å². The van der Waals surface area contributed by atoms with E-state index in [1.54, 1.807) is 0 Å². The van der Waals surface area contributed by atoms with Crippen molar-refractivity contribution in [2.45, 2.75) is 38.3 Å². The number of benzene rings is 1. The van der Waals surface area contributed by atoms with Gasteiger partial charge in [0.2, 0.25) is 0 Å². The molecule has 0 aliphatic heterocycles. The van der Waals surface area contributed by atoms with Crippen LogP contribution in [-0.2, 0) is 4.74 Å². The minimum Gasteiger partial charge on any atom is -0.379 e. The number of nitrogens with one attached hydrogen (secondary N) is 1.